The van der Waals surface area contributed by atoms with Gasteiger partial charge < -0.3 is 5.32 Å². The number of nitrogens with zero attached hydrogens (tertiary/aromatic N) is 1. The van der Waals surface area contributed by atoms with E-state index in [-0.39, 0.29) is 0 Å². The van der Waals surface area contributed by atoms with Crippen LogP contribution in [-0.2, 0) is 0 Å². The average molecular weight is 280 g/mol. The van der Waals surface area contributed by atoms with Crippen LogP contribution in [0, 0.1) is 17.3 Å². The predicted molar refractivity (Wildman–Crippen MR) is 88.0 cm³/mol. The number of likely N-dealkylation sites (tertiary alicyclic amines) is 1. The first-order valence-electron chi connectivity index (χ1n) is 8.77. The number of likely N-dealkylation sites (N-methyl/N-ethyl adjacent to an activating group) is 1. The van der Waals surface area contributed by atoms with Gasteiger partial charge in [0.15, 0.2) is 0 Å². The maximum Gasteiger partial charge on any atom is 0.0255 e. The third kappa shape index (κ3) is 3.39. The standard InChI is InChI=1S/C18H36N2/c1-13(2)16-8-7-11-20(16)17-12-14(18(3,4)5)9-10-15(17)19-6/h13-17,19H,7-12H2,1-6H3. The molecule has 0 bridgehead atoms. The molecule has 1 aliphatic carbocycles. The monoisotopic (exact) mass is 280 g/mol. The number of rotatable bonds is 3. The van der Waals surface area contributed by atoms with Gasteiger partial charge in [-0.05, 0) is 62.9 Å². The van der Waals surface area contributed by atoms with Crippen LogP contribution in [0.2, 0.25) is 0 Å². The molecule has 0 amide bonds. The minimum absolute atomic E-state index is 0.462. The van der Waals surface area contributed by atoms with Crippen molar-refractivity contribution < 1.29 is 0 Å². The highest BCUT2D eigenvalue weighted by atomic mass is 15.2. The van der Waals surface area contributed by atoms with Crippen LogP contribution in [0.5, 0.6) is 0 Å². The summed E-state index contributed by atoms with van der Waals surface area (Å²) < 4.78 is 0. The van der Waals surface area contributed by atoms with Crippen molar-refractivity contribution in [2.24, 2.45) is 17.3 Å². The molecule has 0 spiro atoms. The highest BCUT2D eigenvalue weighted by Gasteiger charge is 2.41. The molecular formula is C18H36N2. The Bertz CT molecular complexity index is 305. The highest BCUT2D eigenvalue weighted by molar-refractivity contribution is 4.97. The fourth-order valence-electron chi connectivity index (χ4n) is 4.58. The molecule has 2 nitrogen and oxygen atoms in total. The first-order valence-corrected chi connectivity index (χ1v) is 8.77. The van der Waals surface area contributed by atoms with Crippen molar-refractivity contribution in [2.75, 3.05) is 13.6 Å². The van der Waals surface area contributed by atoms with Crippen molar-refractivity contribution in [3.05, 3.63) is 0 Å². The van der Waals surface area contributed by atoms with E-state index in [1.54, 1.807) is 0 Å². The molecule has 1 saturated carbocycles. The summed E-state index contributed by atoms with van der Waals surface area (Å²) in [7, 11) is 2.16. The summed E-state index contributed by atoms with van der Waals surface area (Å²) in [5.41, 5.74) is 0.462. The third-order valence-corrected chi connectivity index (χ3v) is 5.95. The van der Waals surface area contributed by atoms with Crippen LogP contribution in [0.1, 0.15) is 66.7 Å². The fourth-order valence-corrected chi connectivity index (χ4v) is 4.58. The highest BCUT2D eigenvalue weighted by Crippen LogP contribution is 2.41. The lowest BCUT2D eigenvalue weighted by molar-refractivity contribution is 0.0422. The summed E-state index contributed by atoms with van der Waals surface area (Å²) >= 11 is 0. The lowest BCUT2D eigenvalue weighted by Crippen LogP contribution is -2.55. The van der Waals surface area contributed by atoms with Gasteiger partial charge in [0, 0.05) is 18.1 Å². The Labute approximate surface area is 126 Å². The molecule has 1 saturated heterocycles. The lowest BCUT2D eigenvalue weighted by atomic mass is 9.69. The van der Waals surface area contributed by atoms with Crippen molar-refractivity contribution in [2.45, 2.75) is 84.8 Å². The number of nitrogens with one attached hydrogen (secondary N) is 1. The smallest absolute Gasteiger partial charge is 0.0255 e. The topological polar surface area (TPSA) is 15.3 Å². The second kappa shape index (κ2) is 6.36. The quantitative estimate of drug-likeness (QED) is 0.843. The summed E-state index contributed by atoms with van der Waals surface area (Å²) in [4.78, 5) is 2.86. The average Bonchev–Trinajstić information content (AvgIpc) is 2.86. The van der Waals surface area contributed by atoms with Crippen LogP contribution in [0.25, 0.3) is 0 Å². The van der Waals surface area contributed by atoms with E-state index in [0.29, 0.717) is 11.5 Å². The molecule has 2 rings (SSSR count). The lowest BCUT2D eigenvalue weighted by Gasteiger charge is -2.47. The Kier molecular flexibility index (Phi) is 5.18. The number of hydrogen-bond acceptors (Lipinski definition) is 2. The number of hydrogen-bond donors (Lipinski definition) is 1. The zero-order valence-electron chi connectivity index (χ0n) is 14.6. The van der Waals surface area contributed by atoms with E-state index in [1.165, 1.54) is 38.6 Å². The van der Waals surface area contributed by atoms with Gasteiger partial charge in [0.2, 0.25) is 0 Å². The molecule has 1 N–H and O–H groups in total. The van der Waals surface area contributed by atoms with E-state index in [1.807, 2.05) is 0 Å². The van der Waals surface area contributed by atoms with Gasteiger partial charge >= 0.3 is 0 Å². The maximum absolute atomic E-state index is 3.62. The molecule has 4 atom stereocenters. The van der Waals surface area contributed by atoms with Gasteiger partial charge in [0.1, 0.15) is 0 Å². The molecule has 20 heavy (non-hydrogen) atoms. The molecule has 0 aromatic rings. The molecule has 0 aromatic heterocycles. The van der Waals surface area contributed by atoms with Gasteiger partial charge in [-0.25, -0.2) is 0 Å². The molecule has 1 aliphatic heterocycles. The van der Waals surface area contributed by atoms with Gasteiger partial charge in [-0.15, -0.1) is 0 Å². The van der Waals surface area contributed by atoms with Gasteiger partial charge in [-0.2, -0.15) is 0 Å². The molecule has 2 aliphatic rings. The van der Waals surface area contributed by atoms with Gasteiger partial charge in [-0.3, -0.25) is 4.90 Å². The Hall–Kier alpha value is -0.0800. The van der Waals surface area contributed by atoms with Crippen LogP contribution in [0.4, 0.5) is 0 Å². The largest absolute Gasteiger partial charge is 0.315 e. The second-order valence-corrected chi connectivity index (χ2v) is 8.53. The minimum Gasteiger partial charge on any atom is -0.315 e. The predicted octanol–water partition coefficient (Wildman–Crippen LogP) is 3.91. The van der Waals surface area contributed by atoms with Gasteiger partial charge in [-0.1, -0.05) is 34.6 Å². The Morgan fingerprint density at radius 3 is 2.35 bits per heavy atom. The molecule has 118 valence electrons. The van der Waals surface area contributed by atoms with Gasteiger partial charge in [0.05, 0.1) is 0 Å². The fraction of sp³-hybridized carbons (Fsp3) is 1.00. The van der Waals surface area contributed by atoms with Crippen molar-refractivity contribution in [3.63, 3.8) is 0 Å². The van der Waals surface area contributed by atoms with Crippen LogP contribution in [0.15, 0.2) is 0 Å². The summed E-state index contributed by atoms with van der Waals surface area (Å²) in [6.45, 7) is 13.4. The Morgan fingerprint density at radius 1 is 1.10 bits per heavy atom. The van der Waals surface area contributed by atoms with Crippen molar-refractivity contribution in [1.29, 1.82) is 0 Å². The molecule has 2 heteroatoms. The normalized spacial score (nSPS) is 36.8. The molecule has 4 unspecified atom stereocenters. The van der Waals surface area contributed by atoms with Crippen LogP contribution in [0.3, 0.4) is 0 Å². The van der Waals surface area contributed by atoms with Crippen molar-refractivity contribution >= 4 is 0 Å². The molecule has 0 radical (unpaired) electrons. The zero-order chi connectivity index (χ0) is 14.9. The second-order valence-electron chi connectivity index (χ2n) is 8.53. The molecule has 2 fully saturated rings. The van der Waals surface area contributed by atoms with Crippen LogP contribution in [-0.4, -0.2) is 36.6 Å². The van der Waals surface area contributed by atoms with E-state index in [4.69, 9.17) is 0 Å². The minimum atomic E-state index is 0.462. The van der Waals surface area contributed by atoms with E-state index in [2.05, 4.69) is 51.9 Å². The summed E-state index contributed by atoms with van der Waals surface area (Å²) in [6.07, 6.45) is 6.94. The molecular weight excluding hydrogens is 244 g/mol. The van der Waals surface area contributed by atoms with Gasteiger partial charge in [0.25, 0.3) is 0 Å². The third-order valence-electron chi connectivity index (χ3n) is 5.95. The Morgan fingerprint density at radius 2 is 1.80 bits per heavy atom. The summed E-state index contributed by atoms with van der Waals surface area (Å²) in [6, 6.07) is 2.27. The molecule has 1 heterocycles. The first-order chi connectivity index (χ1) is 9.34. The first kappa shape index (κ1) is 16.3. The van der Waals surface area contributed by atoms with E-state index in [0.717, 1.165) is 23.9 Å². The van der Waals surface area contributed by atoms with Crippen molar-refractivity contribution in [1.82, 2.24) is 10.2 Å². The van der Waals surface area contributed by atoms with E-state index in [9.17, 15) is 0 Å². The molecule has 0 aromatic carbocycles. The van der Waals surface area contributed by atoms with E-state index >= 15 is 0 Å². The summed E-state index contributed by atoms with van der Waals surface area (Å²) in [5, 5.41) is 3.62. The van der Waals surface area contributed by atoms with Crippen LogP contribution >= 0.6 is 0 Å². The SMILES string of the molecule is CNC1CCC(C(C)(C)C)CC1N1CCCC1C(C)C. The van der Waals surface area contributed by atoms with Crippen molar-refractivity contribution in [3.8, 4) is 0 Å². The zero-order valence-corrected chi connectivity index (χ0v) is 14.6. The Balaban J connectivity index is 2.12. The summed E-state index contributed by atoms with van der Waals surface area (Å²) in [5.74, 6) is 1.68. The van der Waals surface area contributed by atoms with E-state index < -0.39 is 0 Å². The maximum atomic E-state index is 3.62. The van der Waals surface area contributed by atoms with Crippen LogP contribution < -0.4 is 5.32 Å².